The van der Waals surface area contributed by atoms with Crippen LogP contribution in [-0.4, -0.2) is 16.9 Å². The van der Waals surface area contributed by atoms with Gasteiger partial charge >= 0.3 is 0 Å². The molecular weight excluding hydrogens is 379 g/mol. The molecule has 0 aliphatic rings. The Morgan fingerprint density at radius 2 is 1.72 bits per heavy atom. The van der Waals surface area contributed by atoms with Crippen molar-refractivity contribution in [3.8, 4) is 0 Å². The number of amides is 2. The minimum absolute atomic E-state index is 0.198. The van der Waals surface area contributed by atoms with Crippen LogP contribution in [0.4, 0.5) is 16.2 Å². The summed E-state index contributed by atoms with van der Waals surface area (Å²) in [5, 5.41) is 6.25. The van der Waals surface area contributed by atoms with Gasteiger partial charge in [0.25, 0.3) is 5.24 Å². The zero-order chi connectivity index (χ0) is 18.4. The number of hydrogen-bond acceptors (Lipinski definition) is 3. The summed E-state index contributed by atoms with van der Waals surface area (Å²) < 4.78 is 0. The molecule has 2 N–H and O–H groups in total. The van der Waals surface area contributed by atoms with Crippen LogP contribution in [0.5, 0.6) is 0 Å². The Labute approximate surface area is 161 Å². The number of halogens is 2. The van der Waals surface area contributed by atoms with Crippen LogP contribution in [0.25, 0.3) is 0 Å². The van der Waals surface area contributed by atoms with Crippen molar-refractivity contribution in [3.05, 3.63) is 58.1 Å². The SMILES string of the molecule is Cc1cccc(NC(=O)SCC(C)C(=O)Nc2cc(Cl)cc(Cl)c2)c1. The Hall–Kier alpha value is -1.69. The van der Waals surface area contributed by atoms with Crippen molar-refractivity contribution >= 4 is 57.5 Å². The van der Waals surface area contributed by atoms with Crippen molar-refractivity contribution in [2.24, 2.45) is 5.92 Å². The van der Waals surface area contributed by atoms with Gasteiger partial charge in [0, 0.05) is 33.1 Å². The van der Waals surface area contributed by atoms with E-state index in [1.165, 1.54) is 0 Å². The highest BCUT2D eigenvalue weighted by Gasteiger charge is 2.16. The fourth-order valence-corrected chi connectivity index (χ4v) is 3.31. The zero-order valence-corrected chi connectivity index (χ0v) is 16.1. The number of thioether (sulfide) groups is 1. The molecule has 1 unspecified atom stereocenters. The normalized spacial score (nSPS) is 11.7. The molecule has 25 heavy (non-hydrogen) atoms. The van der Waals surface area contributed by atoms with Crippen LogP contribution in [0.15, 0.2) is 42.5 Å². The van der Waals surface area contributed by atoms with Crippen molar-refractivity contribution in [2.45, 2.75) is 13.8 Å². The van der Waals surface area contributed by atoms with Crippen LogP contribution in [-0.2, 0) is 4.79 Å². The molecule has 0 aromatic heterocycles. The minimum atomic E-state index is -0.356. The lowest BCUT2D eigenvalue weighted by Gasteiger charge is -2.12. The van der Waals surface area contributed by atoms with Crippen LogP contribution in [0, 0.1) is 12.8 Å². The maximum Gasteiger partial charge on any atom is 0.283 e. The second kappa shape index (κ2) is 9.13. The lowest BCUT2D eigenvalue weighted by molar-refractivity contribution is -0.118. The van der Waals surface area contributed by atoms with Crippen LogP contribution in [0.2, 0.25) is 10.0 Å². The van der Waals surface area contributed by atoms with Gasteiger partial charge in [-0.3, -0.25) is 9.59 Å². The lowest BCUT2D eigenvalue weighted by atomic mass is 10.2. The third-order valence-electron chi connectivity index (χ3n) is 3.31. The molecule has 2 aromatic carbocycles. The van der Waals surface area contributed by atoms with E-state index in [-0.39, 0.29) is 17.1 Å². The number of rotatable bonds is 5. The van der Waals surface area contributed by atoms with Gasteiger partial charge in [-0.15, -0.1) is 0 Å². The average Bonchev–Trinajstić information content (AvgIpc) is 2.51. The summed E-state index contributed by atoms with van der Waals surface area (Å²) in [6.07, 6.45) is 0. The van der Waals surface area contributed by atoms with Gasteiger partial charge in [0.05, 0.1) is 0 Å². The summed E-state index contributed by atoms with van der Waals surface area (Å²) >= 11 is 12.9. The summed E-state index contributed by atoms with van der Waals surface area (Å²) in [7, 11) is 0. The van der Waals surface area contributed by atoms with Gasteiger partial charge in [-0.25, -0.2) is 0 Å². The fraction of sp³-hybridized carbons (Fsp3) is 0.222. The van der Waals surface area contributed by atoms with E-state index in [0.717, 1.165) is 23.0 Å². The summed E-state index contributed by atoms with van der Waals surface area (Å²) in [5.41, 5.74) is 2.34. The van der Waals surface area contributed by atoms with E-state index >= 15 is 0 Å². The van der Waals surface area contributed by atoms with Gasteiger partial charge in [-0.1, -0.05) is 54.0 Å². The largest absolute Gasteiger partial charge is 0.326 e. The van der Waals surface area contributed by atoms with Crippen molar-refractivity contribution in [1.29, 1.82) is 0 Å². The first-order valence-corrected chi connectivity index (χ1v) is 9.35. The predicted molar refractivity (Wildman–Crippen MR) is 107 cm³/mol. The second-order valence-electron chi connectivity index (χ2n) is 5.64. The maximum absolute atomic E-state index is 12.2. The van der Waals surface area contributed by atoms with Gasteiger partial charge in [0.1, 0.15) is 0 Å². The first-order valence-electron chi connectivity index (χ1n) is 7.61. The van der Waals surface area contributed by atoms with E-state index in [1.54, 1.807) is 25.1 Å². The number of hydrogen-bond donors (Lipinski definition) is 2. The Balaban J connectivity index is 1.83. The van der Waals surface area contributed by atoms with Gasteiger partial charge in [-0.2, -0.15) is 0 Å². The highest BCUT2D eigenvalue weighted by atomic mass is 35.5. The summed E-state index contributed by atoms with van der Waals surface area (Å²) in [4.78, 5) is 24.2. The van der Waals surface area contributed by atoms with E-state index < -0.39 is 0 Å². The van der Waals surface area contributed by atoms with Gasteiger partial charge in [-0.05, 0) is 42.8 Å². The molecule has 0 fully saturated rings. The molecule has 7 heteroatoms. The van der Waals surface area contributed by atoms with Crippen molar-refractivity contribution in [3.63, 3.8) is 0 Å². The standard InChI is InChI=1S/C18H18Cl2N2O2S/c1-11-4-3-5-15(6-11)22-18(24)25-10-12(2)17(23)21-16-8-13(19)7-14(20)9-16/h3-9,12H,10H2,1-2H3,(H,21,23)(H,22,24). The van der Waals surface area contributed by atoms with Gasteiger partial charge in [0.15, 0.2) is 0 Å². The Morgan fingerprint density at radius 1 is 1.04 bits per heavy atom. The smallest absolute Gasteiger partial charge is 0.283 e. The topological polar surface area (TPSA) is 58.2 Å². The second-order valence-corrected chi connectivity index (χ2v) is 7.51. The fourth-order valence-electron chi connectivity index (χ4n) is 2.04. The summed E-state index contributed by atoms with van der Waals surface area (Å²) in [6, 6.07) is 12.4. The van der Waals surface area contributed by atoms with E-state index in [2.05, 4.69) is 10.6 Å². The van der Waals surface area contributed by atoms with Gasteiger partial charge < -0.3 is 10.6 Å². The molecule has 0 radical (unpaired) electrons. The molecule has 0 saturated heterocycles. The minimum Gasteiger partial charge on any atom is -0.326 e. The predicted octanol–water partition coefficient (Wildman–Crippen LogP) is 5.84. The zero-order valence-electron chi connectivity index (χ0n) is 13.8. The number of nitrogens with one attached hydrogen (secondary N) is 2. The number of carbonyl (C=O) groups is 2. The molecule has 2 aromatic rings. The number of carbonyl (C=O) groups excluding carboxylic acids is 2. The Bertz CT molecular complexity index is 763. The number of anilines is 2. The van der Waals surface area contributed by atoms with E-state index in [4.69, 9.17) is 23.2 Å². The molecule has 2 amide bonds. The number of benzene rings is 2. The van der Waals surface area contributed by atoms with Crippen molar-refractivity contribution in [1.82, 2.24) is 0 Å². The highest BCUT2D eigenvalue weighted by molar-refractivity contribution is 8.13. The van der Waals surface area contributed by atoms with Crippen LogP contribution in [0.3, 0.4) is 0 Å². The molecule has 0 aliphatic heterocycles. The van der Waals surface area contributed by atoms with Crippen LogP contribution >= 0.6 is 35.0 Å². The van der Waals surface area contributed by atoms with E-state index in [1.807, 2.05) is 31.2 Å². The highest BCUT2D eigenvalue weighted by Crippen LogP contribution is 2.23. The lowest BCUT2D eigenvalue weighted by Crippen LogP contribution is -2.23. The Morgan fingerprint density at radius 3 is 2.36 bits per heavy atom. The molecular formula is C18H18Cl2N2O2S. The molecule has 0 saturated carbocycles. The molecule has 0 heterocycles. The van der Waals surface area contributed by atoms with Crippen LogP contribution in [0.1, 0.15) is 12.5 Å². The molecule has 0 spiro atoms. The van der Waals surface area contributed by atoms with E-state index in [9.17, 15) is 9.59 Å². The molecule has 1 atom stereocenters. The first-order chi connectivity index (χ1) is 11.8. The van der Waals surface area contributed by atoms with Crippen molar-refractivity contribution < 1.29 is 9.59 Å². The molecule has 0 bridgehead atoms. The first kappa shape index (κ1) is 19.6. The molecule has 4 nitrogen and oxygen atoms in total. The third kappa shape index (κ3) is 6.61. The summed E-state index contributed by atoms with van der Waals surface area (Å²) in [6.45, 7) is 3.71. The Kier molecular flexibility index (Phi) is 7.17. The monoisotopic (exact) mass is 396 g/mol. The van der Waals surface area contributed by atoms with E-state index in [0.29, 0.717) is 21.5 Å². The third-order valence-corrected chi connectivity index (χ3v) is 4.77. The molecule has 0 aliphatic carbocycles. The number of aryl methyl sites for hydroxylation is 1. The average molecular weight is 397 g/mol. The quantitative estimate of drug-likeness (QED) is 0.666. The molecule has 132 valence electrons. The van der Waals surface area contributed by atoms with Crippen molar-refractivity contribution in [2.75, 3.05) is 16.4 Å². The molecule has 2 rings (SSSR count). The van der Waals surface area contributed by atoms with Gasteiger partial charge in [0.2, 0.25) is 5.91 Å². The maximum atomic E-state index is 12.2. The van der Waals surface area contributed by atoms with Crippen LogP contribution < -0.4 is 10.6 Å². The summed E-state index contributed by atoms with van der Waals surface area (Å²) in [5.74, 6) is -0.196.